The highest BCUT2D eigenvalue weighted by molar-refractivity contribution is 7.18. The number of piperidine rings is 1. The quantitative estimate of drug-likeness (QED) is 0.721. The Morgan fingerprint density at radius 3 is 2.77 bits per heavy atom. The number of thiazole rings is 1. The Morgan fingerprint density at radius 2 is 2.00 bits per heavy atom. The first-order chi connectivity index (χ1) is 12.7. The third kappa shape index (κ3) is 3.64. The molecule has 1 fully saturated rings. The van der Waals surface area contributed by atoms with Gasteiger partial charge in [0.1, 0.15) is 6.54 Å². The van der Waals surface area contributed by atoms with E-state index in [9.17, 15) is 4.79 Å². The number of hydrogen-bond donors (Lipinski definition) is 1. The molecule has 1 aliphatic rings. The van der Waals surface area contributed by atoms with Gasteiger partial charge in [0, 0.05) is 24.3 Å². The second-order valence-electron chi connectivity index (χ2n) is 6.91. The average molecular weight is 367 g/mol. The molecule has 1 aliphatic heterocycles. The van der Waals surface area contributed by atoms with Gasteiger partial charge in [-0.1, -0.05) is 24.3 Å². The second-order valence-corrected chi connectivity index (χ2v) is 7.98. The molecule has 0 radical (unpaired) electrons. The average Bonchev–Trinajstić information content (AvgIpc) is 3.12. The highest BCUT2D eigenvalue weighted by Crippen LogP contribution is 2.31. The molecule has 1 N–H and O–H groups in total. The molecule has 4 rings (SSSR count). The number of quaternary nitrogens is 1. The summed E-state index contributed by atoms with van der Waals surface area (Å²) in [5.41, 5.74) is 2.96. The van der Waals surface area contributed by atoms with Gasteiger partial charge in [-0.2, -0.15) is 0 Å². The minimum Gasteiger partial charge on any atom is -0.465 e. The number of rotatable bonds is 4. The van der Waals surface area contributed by atoms with Gasteiger partial charge in [-0.25, -0.2) is 9.78 Å². The van der Waals surface area contributed by atoms with Crippen molar-refractivity contribution in [3.8, 4) is 0 Å². The van der Waals surface area contributed by atoms with Crippen molar-refractivity contribution in [2.24, 2.45) is 0 Å². The van der Waals surface area contributed by atoms with Gasteiger partial charge < -0.3 is 9.64 Å². The third-order valence-electron chi connectivity index (χ3n) is 5.15. The van der Waals surface area contributed by atoms with Gasteiger partial charge in [0.05, 0.1) is 41.0 Å². The van der Waals surface area contributed by atoms with Crippen LogP contribution in [-0.2, 0) is 11.3 Å². The molecule has 1 aromatic heterocycles. The van der Waals surface area contributed by atoms with Gasteiger partial charge in [-0.3, -0.25) is 0 Å². The van der Waals surface area contributed by atoms with Crippen LogP contribution in [0.2, 0.25) is 0 Å². The van der Waals surface area contributed by atoms with E-state index < -0.39 is 0 Å². The molecule has 0 aliphatic carbocycles. The van der Waals surface area contributed by atoms with E-state index in [0.29, 0.717) is 11.5 Å². The monoisotopic (exact) mass is 367 g/mol. The number of para-hydroxylation sites is 1. The molecule has 134 valence electrons. The van der Waals surface area contributed by atoms with Crippen LogP contribution in [0, 0.1) is 0 Å². The van der Waals surface area contributed by atoms with Crippen molar-refractivity contribution in [3.05, 3.63) is 64.7 Å². The second kappa shape index (κ2) is 7.56. The van der Waals surface area contributed by atoms with Crippen LogP contribution in [0.4, 0.5) is 0 Å². The number of nitrogens with one attached hydrogen (secondary N) is 1. The normalized spacial score (nSPS) is 20.2. The Bertz CT molecular complexity index is 880. The Balaban J connectivity index is 1.38. The maximum atomic E-state index is 11.7. The van der Waals surface area contributed by atoms with Crippen LogP contribution in [-0.4, -0.2) is 31.2 Å². The molecule has 0 bridgehead atoms. The molecule has 3 aromatic rings. The maximum Gasteiger partial charge on any atom is 0.337 e. The summed E-state index contributed by atoms with van der Waals surface area (Å²) in [6.45, 7) is 3.24. The van der Waals surface area contributed by atoms with Crippen molar-refractivity contribution in [1.29, 1.82) is 0 Å². The Hall–Kier alpha value is -2.24. The number of benzene rings is 2. The summed E-state index contributed by atoms with van der Waals surface area (Å²) in [4.78, 5) is 18.1. The van der Waals surface area contributed by atoms with Crippen LogP contribution in [0.5, 0.6) is 0 Å². The lowest BCUT2D eigenvalue weighted by molar-refractivity contribution is -0.919. The van der Waals surface area contributed by atoms with Gasteiger partial charge in [-0.15, -0.1) is 11.3 Å². The van der Waals surface area contributed by atoms with E-state index in [4.69, 9.17) is 9.72 Å². The highest BCUT2D eigenvalue weighted by atomic mass is 32.1. The zero-order valence-corrected chi connectivity index (χ0v) is 15.7. The van der Waals surface area contributed by atoms with E-state index in [1.54, 1.807) is 4.90 Å². The smallest absolute Gasteiger partial charge is 0.337 e. The largest absolute Gasteiger partial charge is 0.465 e. The van der Waals surface area contributed by atoms with Gasteiger partial charge in [0.15, 0.2) is 0 Å². The summed E-state index contributed by atoms with van der Waals surface area (Å²) in [6.07, 6.45) is 2.34. The molecule has 5 heteroatoms. The van der Waals surface area contributed by atoms with Crippen LogP contribution in [0.15, 0.2) is 48.5 Å². The number of carbonyl (C=O) groups is 1. The highest BCUT2D eigenvalue weighted by Gasteiger charge is 2.26. The van der Waals surface area contributed by atoms with Gasteiger partial charge >= 0.3 is 5.97 Å². The number of carbonyl (C=O) groups excluding carboxylic acids is 1. The fourth-order valence-electron chi connectivity index (χ4n) is 3.73. The SMILES string of the molecule is COC(=O)c1cccc(C[NH+]2CCC(c3nc4ccccc4s3)CC2)c1. The molecular formula is C21H23N2O2S+. The predicted molar refractivity (Wildman–Crippen MR) is 104 cm³/mol. The molecule has 0 spiro atoms. The summed E-state index contributed by atoms with van der Waals surface area (Å²) >= 11 is 1.84. The van der Waals surface area contributed by atoms with Crippen molar-refractivity contribution >= 4 is 27.5 Å². The van der Waals surface area contributed by atoms with E-state index in [0.717, 1.165) is 25.2 Å². The fourth-order valence-corrected chi connectivity index (χ4v) is 4.87. The first-order valence-corrected chi connectivity index (χ1v) is 9.91. The molecule has 1 saturated heterocycles. The van der Waals surface area contributed by atoms with E-state index in [1.807, 2.05) is 29.5 Å². The van der Waals surface area contributed by atoms with Crippen molar-refractivity contribution < 1.29 is 14.4 Å². The number of ether oxygens (including phenoxy) is 1. The van der Waals surface area contributed by atoms with Crippen molar-refractivity contribution in [1.82, 2.24) is 4.98 Å². The van der Waals surface area contributed by atoms with E-state index in [2.05, 4.69) is 30.3 Å². The zero-order valence-electron chi connectivity index (χ0n) is 14.9. The first-order valence-electron chi connectivity index (χ1n) is 9.09. The zero-order chi connectivity index (χ0) is 17.9. The minimum absolute atomic E-state index is 0.267. The molecular weight excluding hydrogens is 344 g/mol. The number of likely N-dealkylation sites (tertiary alicyclic amines) is 1. The molecule has 0 atom stereocenters. The van der Waals surface area contributed by atoms with Crippen molar-refractivity contribution in [3.63, 3.8) is 0 Å². The van der Waals surface area contributed by atoms with Gasteiger partial charge in [0.2, 0.25) is 0 Å². The van der Waals surface area contributed by atoms with Gasteiger partial charge in [0.25, 0.3) is 0 Å². The van der Waals surface area contributed by atoms with Crippen LogP contribution < -0.4 is 4.90 Å². The first kappa shape index (κ1) is 17.2. The lowest BCUT2D eigenvalue weighted by Gasteiger charge is -2.28. The third-order valence-corrected chi connectivity index (χ3v) is 6.35. The summed E-state index contributed by atoms with van der Waals surface area (Å²) in [6, 6.07) is 16.2. The van der Waals surface area contributed by atoms with E-state index in [1.165, 1.54) is 35.2 Å². The molecule has 4 nitrogen and oxygen atoms in total. The van der Waals surface area contributed by atoms with E-state index >= 15 is 0 Å². The molecule has 26 heavy (non-hydrogen) atoms. The van der Waals surface area contributed by atoms with Crippen LogP contribution in [0.3, 0.4) is 0 Å². The fraction of sp³-hybridized carbons (Fsp3) is 0.333. The Kier molecular flexibility index (Phi) is 5.00. The van der Waals surface area contributed by atoms with Crippen molar-refractivity contribution in [2.45, 2.75) is 25.3 Å². The predicted octanol–water partition coefficient (Wildman–Crippen LogP) is 3.05. The number of esters is 1. The number of hydrogen-bond acceptors (Lipinski definition) is 4. The number of nitrogens with zero attached hydrogens (tertiary/aromatic N) is 1. The summed E-state index contributed by atoms with van der Waals surface area (Å²) < 4.78 is 6.11. The number of fused-ring (bicyclic) bond motifs is 1. The topological polar surface area (TPSA) is 43.6 Å². The number of methoxy groups -OCH3 is 1. The Morgan fingerprint density at radius 1 is 1.19 bits per heavy atom. The summed E-state index contributed by atoms with van der Waals surface area (Å²) in [5, 5.41) is 1.29. The van der Waals surface area contributed by atoms with Gasteiger partial charge in [-0.05, 0) is 24.3 Å². The lowest BCUT2D eigenvalue weighted by Crippen LogP contribution is -3.11. The van der Waals surface area contributed by atoms with E-state index in [-0.39, 0.29) is 5.97 Å². The lowest BCUT2D eigenvalue weighted by atomic mass is 9.97. The van der Waals surface area contributed by atoms with Crippen LogP contribution >= 0.6 is 11.3 Å². The summed E-state index contributed by atoms with van der Waals surface area (Å²) in [5.74, 6) is 0.314. The standard InChI is InChI=1S/C21H22N2O2S/c1-25-21(24)17-6-4-5-15(13-17)14-23-11-9-16(10-12-23)20-22-18-7-2-3-8-19(18)26-20/h2-8,13,16H,9-12,14H2,1H3/p+1. The minimum atomic E-state index is -0.267. The molecule has 2 heterocycles. The molecule has 0 amide bonds. The number of aromatic nitrogens is 1. The summed E-state index contributed by atoms with van der Waals surface area (Å²) in [7, 11) is 1.42. The van der Waals surface area contributed by atoms with Crippen molar-refractivity contribution in [2.75, 3.05) is 20.2 Å². The molecule has 0 saturated carbocycles. The maximum absolute atomic E-state index is 11.7. The molecule has 2 aromatic carbocycles. The molecule has 0 unspecified atom stereocenters. The Labute approximate surface area is 157 Å². The van der Waals surface area contributed by atoms with Crippen LogP contribution in [0.1, 0.15) is 39.7 Å². The van der Waals surface area contributed by atoms with Crippen LogP contribution in [0.25, 0.3) is 10.2 Å².